The zero-order valence-electron chi connectivity index (χ0n) is 17.0. The summed E-state index contributed by atoms with van der Waals surface area (Å²) in [6.07, 6.45) is 6.62. The maximum Gasteiger partial charge on any atom is 0.214 e. The minimum Gasteiger partial charge on any atom is -0.368 e. The molecule has 0 radical (unpaired) electrons. The van der Waals surface area contributed by atoms with Gasteiger partial charge in [-0.2, -0.15) is 10.2 Å². The van der Waals surface area contributed by atoms with E-state index in [0.29, 0.717) is 31.0 Å². The highest BCUT2D eigenvalue weighted by molar-refractivity contribution is 5.83. The molecule has 0 atom stereocenters. The van der Waals surface area contributed by atoms with Crippen LogP contribution in [-0.4, -0.2) is 37.9 Å². The van der Waals surface area contributed by atoms with Gasteiger partial charge < -0.3 is 10.2 Å². The number of hydrogen-bond acceptors (Lipinski definition) is 5. The SMILES string of the molecule is Cn1cc(-c2ccc(N(C=O)Cc3ccn[nH]3)c(NCCc3cccc(F)c3)n2)cn1. The van der Waals surface area contributed by atoms with E-state index in [1.54, 1.807) is 28.0 Å². The number of rotatable bonds is 9. The van der Waals surface area contributed by atoms with Crippen molar-refractivity contribution in [3.8, 4) is 11.3 Å². The Hall–Kier alpha value is -4.01. The van der Waals surface area contributed by atoms with Crippen LogP contribution in [0.25, 0.3) is 11.3 Å². The Bertz CT molecular complexity index is 1160. The van der Waals surface area contributed by atoms with E-state index >= 15 is 0 Å². The molecule has 3 heterocycles. The first-order chi connectivity index (χ1) is 15.1. The van der Waals surface area contributed by atoms with E-state index < -0.39 is 0 Å². The minimum atomic E-state index is -0.262. The van der Waals surface area contributed by atoms with Crippen LogP contribution in [0.1, 0.15) is 11.3 Å². The number of aromatic nitrogens is 5. The molecule has 8 nitrogen and oxygen atoms in total. The zero-order valence-corrected chi connectivity index (χ0v) is 17.0. The molecule has 0 saturated carbocycles. The molecule has 0 unspecified atom stereocenters. The molecule has 0 spiro atoms. The number of nitrogens with one attached hydrogen (secondary N) is 2. The number of pyridine rings is 1. The van der Waals surface area contributed by atoms with Gasteiger partial charge in [-0.15, -0.1) is 0 Å². The smallest absolute Gasteiger partial charge is 0.214 e. The molecule has 0 saturated heterocycles. The highest BCUT2D eigenvalue weighted by Crippen LogP contribution is 2.28. The number of carbonyl (C=O) groups excluding carboxylic acids is 1. The first-order valence-corrected chi connectivity index (χ1v) is 9.81. The molecule has 1 aromatic carbocycles. The molecule has 2 N–H and O–H groups in total. The second-order valence-corrected chi connectivity index (χ2v) is 7.09. The van der Waals surface area contributed by atoms with Crippen LogP contribution < -0.4 is 10.2 Å². The summed E-state index contributed by atoms with van der Waals surface area (Å²) < 4.78 is 15.2. The summed E-state index contributed by atoms with van der Waals surface area (Å²) in [7, 11) is 1.84. The summed E-state index contributed by atoms with van der Waals surface area (Å²) in [5.41, 5.74) is 3.92. The second kappa shape index (κ2) is 9.21. The molecule has 9 heteroatoms. The van der Waals surface area contributed by atoms with Crippen molar-refractivity contribution >= 4 is 17.9 Å². The van der Waals surface area contributed by atoms with Crippen LogP contribution in [0.5, 0.6) is 0 Å². The number of hydrogen-bond donors (Lipinski definition) is 2. The lowest BCUT2D eigenvalue weighted by atomic mass is 10.1. The van der Waals surface area contributed by atoms with Gasteiger partial charge in [0, 0.05) is 31.5 Å². The Kier molecular flexibility index (Phi) is 6.02. The monoisotopic (exact) mass is 419 g/mol. The van der Waals surface area contributed by atoms with Gasteiger partial charge in [-0.25, -0.2) is 9.37 Å². The Morgan fingerprint density at radius 2 is 2.16 bits per heavy atom. The zero-order chi connectivity index (χ0) is 21.6. The molecule has 0 aliphatic carbocycles. The highest BCUT2D eigenvalue weighted by atomic mass is 19.1. The van der Waals surface area contributed by atoms with E-state index in [-0.39, 0.29) is 5.82 Å². The molecule has 158 valence electrons. The Balaban J connectivity index is 1.60. The Labute approximate surface area is 178 Å². The van der Waals surface area contributed by atoms with Crippen LogP contribution in [0.4, 0.5) is 15.9 Å². The quantitative estimate of drug-likeness (QED) is 0.407. The maximum atomic E-state index is 13.5. The predicted molar refractivity (Wildman–Crippen MR) is 116 cm³/mol. The number of halogens is 1. The lowest BCUT2D eigenvalue weighted by Gasteiger charge is -2.21. The van der Waals surface area contributed by atoms with Crippen LogP contribution in [0, 0.1) is 5.82 Å². The third kappa shape index (κ3) is 4.95. The molecule has 31 heavy (non-hydrogen) atoms. The number of carbonyl (C=O) groups is 1. The van der Waals surface area contributed by atoms with Crippen LogP contribution in [0.15, 0.2) is 61.1 Å². The van der Waals surface area contributed by atoms with E-state index in [4.69, 9.17) is 4.98 Å². The number of nitrogens with zero attached hydrogens (tertiary/aromatic N) is 5. The maximum absolute atomic E-state index is 13.5. The summed E-state index contributed by atoms with van der Waals surface area (Å²) in [6, 6.07) is 12.0. The molecular formula is C22H22FN7O. The van der Waals surface area contributed by atoms with Gasteiger partial charge in [0.1, 0.15) is 5.82 Å². The van der Waals surface area contributed by atoms with Gasteiger partial charge in [0.15, 0.2) is 5.82 Å². The summed E-state index contributed by atoms with van der Waals surface area (Å²) in [6.45, 7) is 0.854. The molecule has 1 amide bonds. The van der Waals surface area contributed by atoms with Gasteiger partial charge in [-0.05, 0) is 42.3 Å². The number of amides is 1. The third-order valence-corrected chi connectivity index (χ3v) is 4.81. The number of H-pyrrole nitrogens is 1. The Morgan fingerprint density at radius 3 is 2.87 bits per heavy atom. The van der Waals surface area contributed by atoms with Crippen LogP contribution in [0.3, 0.4) is 0 Å². The van der Waals surface area contributed by atoms with E-state index in [2.05, 4.69) is 20.6 Å². The van der Waals surface area contributed by atoms with Gasteiger partial charge in [0.2, 0.25) is 6.41 Å². The first-order valence-electron chi connectivity index (χ1n) is 9.81. The third-order valence-electron chi connectivity index (χ3n) is 4.81. The van der Waals surface area contributed by atoms with Crippen molar-refractivity contribution in [2.75, 3.05) is 16.8 Å². The number of aryl methyl sites for hydroxylation is 1. The largest absolute Gasteiger partial charge is 0.368 e. The number of aromatic amines is 1. The summed E-state index contributed by atoms with van der Waals surface area (Å²) in [5, 5.41) is 14.3. The lowest BCUT2D eigenvalue weighted by Crippen LogP contribution is -2.23. The summed E-state index contributed by atoms with van der Waals surface area (Å²) >= 11 is 0. The van der Waals surface area contributed by atoms with Crippen molar-refractivity contribution < 1.29 is 9.18 Å². The summed E-state index contributed by atoms with van der Waals surface area (Å²) in [4.78, 5) is 18.1. The van der Waals surface area contributed by atoms with Crippen molar-refractivity contribution in [2.24, 2.45) is 7.05 Å². The van der Waals surface area contributed by atoms with Crippen molar-refractivity contribution in [3.63, 3.8) is 0 Å². The van der Waals surface area contributed by atoms with Gasteiger partial charge in [-0.3, -0.25) is 14.6 Å². The number of anilines is 2. The summed E-state index contributed by atoms with van der Waals surface area (Å²) in [5.74, 6) is 0.297. The van der Waals surface area contributed by atoms with Crippen molar-refractivity contribution in [1.29, 1.82) is 0 Å². The normalized spacial score (nSPS) is 10.8. The lowest BCUT2D eigenvalue weighted by molar-refractivity contribution is -0.107. The first kappa shape index (κ1) is 20.3. The average molecular weight is 419 g/mol. The van der Waals surface area contributed by atoms with E-state index in [9.17, 15) is 9.18 Å². The standard InChI is InChI=1S/C22H22FN7O/c1-29-13-17(12-26-29)20-5-6-21(30(15-31)14-19-8-10-25-28-19)22(27-20)24-9-7-16-3-2-4-18(23)11-16/h2-6,8,10-13,15H,7,9,14H2,1H3,(H,24,27)(H,25,28). The van der Waals surface area contributed by atoms with Gasteiger partial charge in [0.25, 0.3) is 0 Å². The molecule has 4 aromatic rings. The van der Waals surface area contributed by atoms with E-state index in [1.807, 2.05) is 37.5 Å². The molecule has 4 rings (SSSR count). The van der Waals surface area contributed by atoms with Gasteiger partial charge in [0.05, 0.1) is 29.8 Å². The predicted octanol–water partition coefficient (Wildman–Crippen LogP) is 3.16. The van der Waals surface area contributed by atoms with Crippen LogP contribution >= 0.6 is 0 Å². The molecule has 0 bridgehead atoms. The van der Waals surface area contributed by atoms with Gasteiger partial charge >= 0.3 is 0 Å². The van der Waals surface area contributed by atoms with Crippen LogP contribution in [-0.2, 0) is 24.8 Å². The molecular weight excluding hydrogens is 397 g/mol. The van der Waals surface area contributed by atoms with E-state index in [0.717, 1.165) is 28.9 Å². The number of benzene rings is 1. The topological polar surface area (TPSA) is 91.7 Å². The average Bonchev–Trinajstić information content (AvgIpc) is 3.44. The Morgan fingerprint density at radius 1 is 1.26 bits per heavy atom. The fourth-order valence-electron chi connectivity index (χ4n) is 3.28. The molecule has 0 aliphatic heterocycles. The minimum absolute atomic E-state index is 0.262. The second-order valence-electron chi connectivity index (χ2n) is 7.09. The van der Waals surface area contributed by atoms with E-state index in [1.165, 1.54) is 12.1 Å². The van der Waals surface area contributed by atoms with Crippen molar-refractivity contribution in [1.82, 2.24) is 25.0 Å². The highest BCUT2D eigenvalue weighted by Gasteiger charge is 2.15. The fourth-order valence-corrected chi connectivity index (χ4v) is 3.28. The molecule has 3 aromatic heterocycles. The molecule has 0 aliphatic rings. The van der Waals surface area contributed by atoms with Crippen LogP contribution in [0.2, 0.25) is 0 Å². The fraction of sp³-hybridized carbons (Fsp3) is 0.182. The molecule has 0 fully saturated rings. The van der Waals surface area contributed by atoms with Crippen molar-refractivity contribution in [2.45, 2.75) is 13.0 Å². The van der Waals surface area contributed by atoms with Crippen molar-refractivity contribution in [3.05, 3.63) is 78.1 Å². The van der Waals surface area contributed by atoms with Gasteiger partial charge in [-0.1, -0.05) is 12.1 Å².